The Morgan fingerprint density at radius 1 is 0.966 bits per heavy atom. The van der Waals surface area contributed by atoms with Gasteiger partial charge in [-0.05, 0) is 42.0 Å². The number of carbonyl (C=O) groups excluding carboxylic acids is 1. The molecule has 0 radical (unpaired) electrons. The van der Waals surface area contributed by atoms with Crippen LogP contribution in [0.1, 0.15) is 60.0 Å². The summed E-state index contributed by atoms with van der Waals surface area (Å²) in [5, 5.41) is 10.3. The molecule has 2 aromatic rings. The maximum absolute atomic E-state index is 12.6. The van der Waals surface area contributed by atoms with E-state index in [9.17, 15) is 14.7 Å². The molecule has 0 aromatic heterocycles. The first-order valence-electron chi connectivity index (χ1n) is 10.2. The highest BCUT2D eigenvalue weighted by Crippen LogP contribution is 2.51. The number of carbonyl (C=O) groups is 2. The lowest BCUT2D eigenvalue weighted by molar-refractivity contribution is -0.145. The first-order chi connectivity index (χ1) is 14.0. The summed E-state index contributed by atoms with van der Waals surface area (Å²) in [5.74, 6) is 0.384. The molecule has 2 aliphatic carbocycles. The molecular formula is C24H26O5. The zero-order chi connectivity index (χ0) is 20.6. The van der Waals surface area contributed by atoms with Gasteiger partial charge in [0.05, 0.1) is 19.6 Å². The second-order valence-electron chi connectivity index (χ2n) is 7.97. The molecule has 5 nitrogen and oxygen atoms in total. The standard InChI is InChI=1S/C24H26O5/c1-28-20-11-9-18(16-6-8-17-15(14-16)7-10-19(17)25)21(22(20)29-2)24(23(26)27)12-4-3-5-13-24/h6,8-9,11,14H,3-5,7,10,12-13H2,1-2H3,(H,26,27). The van der Waals surface area contributed by atoms with E-state index in [-0.39, 0.29) is 5.78 Å². The normalized spacial score (nSPS) is 17.7. The number of aliphatic carboxylic acids is 1. The second kappa shape index (κ2) is 7.54. The predicted molar refractivity (Wildman–Crippen MR) is 110 cm³/mol. The Morgan fingerprint density at radius 2 is 1.69 bits per heavy atom. The Bertz CT molecular complexity index is 969. The number of aryl methyl sites for hydroxylation is 1. The van der Waals surface area contributed by atoms with Crippen LogP contribution in [0.4, 0.5) is 0 Å². The number of hydrogen-bond acceptors (Lipinski definition) is 4. The van der Waals surface area contributed by atoms with E-state index in [1.807, 2.05) is 30.3 Å². The van der Waals surface area contributed by atoms with Crippen molar-refractivity contribution in [1.82, 2.24) is 0 Å². The fourth-order valence-electron chi connectivity index (χ4n) is 4.99. The SMILES string of the molecule is COc1ccc(-c2ccc3c(c2)CCC3=O)c(C2(C(=O)O)CCCCC2)c1OC. The van der Waals surface area contributed by atoms with Gasteiger partial charge >= 0.3 is 5.97 Å². The van der Waals surface area contributed by atoms with Gasteiger partial charge in [0.1, 0.15) is 0 Å². The topological polar surface area (TPSA) is 72.8 Å². The van der Waals surface area contributed by atoms with Crippen molar-refractivity contribution in [3.63, 3.8) is 0 Å². The van der Waals surface area contributed by atoms with Crippen molar-refractivity contribution in [1.29, 1.82) is 0 Å². The van der Waals surface area contributed by atoms with Gasteiger partial charge in [0, 0.05) is 17.5 Å². The minimum absolute atomic E-state index is 0.174. The summed E-state index contributed by atoms with van der Waals surface area (Å²) >= 11 is 0. The van der Waals surface area contributed by atoms with Crippen molar-refractivity contribution in [2.24, 2.45) is 0 Å². The van der Waals surface area contributed by atoms with Gasteiger partial charge in [-0.15, -0.1) is 0 Å². The fraction of sp³-hybridized carbons (Fsp3) is 0.417. The van der Waals surface area contributed by atoms with E-state index in [0.717, 1.165) is 47.9 Å². The lowest BCUT2D eigenvalue weighted by Gasteiger charge is -2.36. The van der Waals surface area contributed by atoms with Gasteiger partial charge in [-0.1, -0.05) is 43.5 Å². The van der Waals surface area contributed by atoms with Gasteiger partial charge in [-0.2, -0.15) is 0 Å². The highest BCUT2D eigenvalue weighted by molar-refractivity contribution is 6.01. The van der Waals surface area contributed by atoms with Crippen molar-refractivity contribution in [3.05, 3.63) is 47.0 Å². The van der Waals surface area contributed by atoms with E-state index in [2.05, 4.69) is 0 Å². The summed E-state index contributed by atoms with van der Waals surface area (Å²) in [4.78, 5) is 24.7. The lowest BCUT2D eigenvalue weighted by Crippen LogP contribution is -2.38. The van der Waals surface area contributed by atoms with Crippen molar-refractivity contribution in [2.45, 2.75) is 50.4 Å². The van der Waals surface area contributed by atoms with Crippen LogP contribution in [-0.2, 0) is 16.6 Å². The molecule has 1 N–H and O–H groups in total. The lowest BCUT2D eigenvalue weighted by atomic mass is 9.67. The van der Waals surface area contributed by atoms with Gasteiger partial charge in [-0.25, -0.2) is 0 Å². The number of ether oxygens (including phenoxy) is 2. The Balaban J connectivity index is 1.98. The van der Waals surface area contributed by atoms with Crippen LogP contribution in [0.2, 0.25) is 0 Å². The number of ketones is 1. The minimum atomic E-state index is -1.01. The zero-order valence-corrected chi connectivity index (χ0v) is 16.9. The number of rotatable bonds is 5. The molecule has 1 saturated carbocycles. The Labute approximate surface area is 170 Å². The van der Waals surface area contributed by atoms with Crippen LogP contribution in [0.5, 0.6) is 11.5 Å². The third-order valence-electron chi connectivity index (χ3n) is 6.48. The van der Waals surface area contributed by atoms with Crippen molar-refractivity contribution in [3.8, 4) is 22.6 Å². The number of hydrogen-bond donors (Lipinski definition) is 1. The quantitative estimate of drug-likeness (QED) is 0.790. The Hall–Kier alpha value is -2.82. The number of benzene rings is 2. The average Bonchev–Trinajstić information content (AvgIpc) is 3.13. The van der Waals surface area contributed by atoms with Gasteiger partial charge < -0.3 is 14.6 Å². The van der Waals surface area contributed by atoms with Crippen LogP contribution in [0.25, 0.3) is 11.1 Å². The highest BCUT2D eigenvalue weighted by atomic mass is 16.5. The third kappa shape index (κ3) is 3.09. The van der Waals surface area contributed by atoms with Gasteiger partial charge in [0.15, 0.2) is 17.3 Å². The molecule has 0 saturated heterocycles. The number of Topliss-reactive ketones (excluding diaryl/α,β-unsaturated/α-hetero) is 1. The molecule has 29 heavy (non-hydrogen) atoms. The van der Waals surface area contributed by atoms with E-state index in [1.165, 1.54) is 0 Å². The van der Waals surface area contributed by atoms with Gasteiger partial charge in [0.25, 0.3) is 0 Å². The maximum atomic E-state index is 12.6. The van der Waals surface area contributed by atoms with E-state index >= 15 is 0 Å². The summed E-state index contributed by atoms with van der Waals surface area (Å²) in [5.41, 5.74) is 3.25. The summed E-state index contributed by atoms with van der Waals surface area (Å²) in [6, 6.07) is 9.58. The average molecular weight is 394 g/mol. The smallest absolute Gasteiger partial charge is 0.314 e. The van der Waals surface area contributed by atoms with Crippen LogP contribution in [0.15, 0.2) is 30.3 Å². The molecule has 2 aromatic carbocycles. The van der Waals surface area contributed by atoms with Crippen LogP contribution in [-0.4, -0.2) is 31.1 Å². The van der Waals surface area contributed by atoms with Crippen LogP contribution in [0.3, 0.4) is 0 Å². The monoisotopic (exact) mass is 394 g/mol. The predicted octanol–water partition coefficient (Wildman–Crippen LogP) is 4.79. The number of carboxylic acid groups (broad SMARTS) is 1. The molecule has 2 aliphatic rings. The van der Waals surface area contributed by atoms with E-state index in [4.69, 9.17) is 9.47 Å². The summed E-state index contributed by atoms with van der Waals surface area (Å²) < 4.78 is 11.2. The molecule has 1 fully saturated rings. The van der Waals surface area contributed by atoms with Crippen LogP contribution in [0, 0.1) is 0 Å². The fourth-order valence-corrected chi connectivity index (χ4v) is 4.99. The maximum Gasteiger partial charge on any atom is 0.314 e. The summed E-state index contributed by atoms with van der Waals surface area (Å²) in [6.07, 6.45) is 5.18. The summed E-state index contributed by atoms with van der Waals surface area (Å²) in [7, 11) is 3.13. The van der Waals surface area contributed by atoms with Crippen molar-refractivity contribution < 1.29 is 24.2 Å². The molecule has 0 heterocycles. The first-order valence-corrected chi connectivity index (χ1v) is 10.2. The molecule has 0 bridgehead atoms. The molecule has 0 amide bonds. The van der Waals surface area contributed by atoms with E-state index in [1.54, 1.807) is 14.2 Å². The molecule has 152 valence electrons. The largest absolute Gasteiger partial charge is 0.493 e. The second-order valence-corrected chi connectivity index (χ2v) is 7.97. The zero-order valence-electron chi connectivity index (χ0n) is 16.9. The van der Waals surface area contributed by atoms with Gasteiger partial charge in [0.2, 0.25) is 0 Å². The number of fused-ring (bicyclic) bond motifs is 1. The van der Waals surface area contributed by atoms with Crippen molar-refractivity contribution >= 4 is 11.8 Å². The molecule has 0 unspecified atom stereocenters. The minimum Gasteiger partial charge on any atom is -0.493 e. The molecule has 4 rings (SSSR count). The van der Waals surface area contributed by atoms with E-state index in [0.29, 0.717) is 36.3 Å². The highest BCUT2D eigenvalue weighted by Gasteiger charge is 2.45. The molecular weight excluding hydrogens is 368 g/mol. The Morgan fingerprint density at radius 3 is 2.34 bits per heavy atom. The van der Waals surface area contributed by atoms with Crippen LogP contribution < -0.4 is 9.47 Å². The molecule has 0 spiro atoms. The number of methoxy groups -OCH3 is 2. The Kier molecular flexibility index (Phi) is 5.07. The van der Waals surface area contributed by atoms with Crippen LogP contribution >= 0.6 is 0 Å². The van der Waals surface area contributed by atoms with Crippen molar-refractivity contribution in [2.75, 3.05) is 14.2 Å². The van der Waals surface area contributed by atoms with Gasteiger partial charge in [-0.3, -0.25) is 9.59 Å². The number of carboxylic acids is 1. The summed E-state index contributed by atoms with van der Waals surface area (Å²) in [6.45, 7) is 0. The first kappa shape index (κ1) is 19.5. The third-order valence-corrected chi connectivity index (χ3v) is 6.48. The molecule has 0 atom stereocenters. The molecule has 0 aliphatic heterocycles. The molecule has 5 heteroatoms. The van der Waals surface area contributed by atoms with E-state index < -0.39 is 11.4 Å².